The van der Waals surface area contributed by atoms with E-state index in [0.29, 0.717) is 18.4 Å². The quantitative estimate of drug-likeness (QED) is 0.833. The van der Waals surface area contributed by atoms with Crippen molar-refractivity contribution >= 4 is 15.9 Å². The zero-order chi connectivity index (χ0) is 20.5. The minimum absolute atomic E-state index is 0.0492. The minimum atomic E-state index is -3.69. The Bertz CT molecular complexity index is 958. The largest absolute Gasteiger partial charge is 0.349 e. The normalized spacial score (nSPS) is 22.2. The first-order valence-electron chi connectivity index (χ1n) is 9.23. The molecule has 28 heavy (non-hydrogen) atoms. The van der Waals surface area contributed by atoms with E-state index < -0.39 is 10.0 Å². The number of benzene rings is 2. The molecular formula is C21H25FN2O3S. The first-order chi connectivity index (χ1) is 13.2. The van der Waals surface area contributed by atoms with Crippen LogP contribution >= 0.6 is 0 Å². The molecule has 1 aliphatic carbocycles. The lowest BCUT2D eigenvalue weighted by molar-refractivity contribution is -0.133. The zero-order valence-electron chi connectivity index (χ0n) is 16.2. The van der Waals surface area contributed by atoms with Crippen LogP contribution in [0.1, 0.15) is 29.9 Å². The first kappa shape index (κ1) is 20.5. The maximum absolute atomic E-state index is 13.3. The molecule has 1 fully saturated rings. The average Bonchev–Trinajstić information content (AvgIpc) is 3.04. The van der Waals surface area contributed by atoms with Crippen molar-refractivity contribution in [2.45, 2.75) is 36.6 Å². The molecule has 150 valence electrons. The van der Waals surface area contributed by atoms with E-state index in [1.54, 1.807) is 57.4 Å². The third-order valence-electron chi connectivity index (χ3n) is 5.32. The van der Waals surface area contributed by atoms with Gasteiger partial charge in [0.25, 0.3) is 0 Å². The second-order valence-electron chi connectivity index (χ2n) is 7.55. The van der Waals surface area contributed by atoms with E-state index >= 15 is 0 Å². The Hall–Kier alpha value is -2.25. The van der Waals surface area contributed by atoms with Gasteiger partial charge in [-0.3, -0.25) is 4.79 Å². The Kier molecular flexibility index (Phi) is 5.86. The predicted molar refractivity (Wildman–Crippen MR) is 106 cm³/mol. The van der Waals surface area contributed by atoms with Crippen molar-refractivity contribution in [1.82, 2.24) is 9.62 Å². The summed E-state index contributed by atoms with van der Waals surface area (Å²) < 4.78 is 41.8. The van der Waals surface area contributed by atoms with Gasteiger partial charge >= 0.3 is 0 Å². The maximum atomic E-state index is 13.3. The molecule has 0 unspecified atom stereocenters. The van der Waals surface area contributed by atoms with Crippen LogP contribution in [0.4, 0.5) is 4.39 Å². The third-order valence-corrected chi connectivity index (χ3v) is 7.00. The van der Waals surface area contributed by atoms with Gasteiger partial charge in [-0.2, -0.15) is 0 Å². The summed E-state index contributed by atoms with van der Waals surface area (Å²) in [7, 11) is -0.312. The van der Waals surface area contributed by atoms with Gasteiger partial charge in [-0.15, -0.1) is 0 Å². The van der Waals surface area contributed by atoms with Gasteiger partial charge in [0.2, 0.25) is 15.9 Å². The molecule has 0 aliphatic heterocycles. The highest BCUT2D eigenvalue weighted by molar-refractivity contribution is 7.89. The fourth-order valence-corrected chi connectivity index (χ4v) is 5.47. The number of hydrogen-bond acceptors (Lipinski definition) is 3. The Morgan fingerprint density at radius 2 is 1.71 bits per heavy atom. The fraction of sp³-hybridized carbons (Fsp3) is 0.381. The van der Waals surface area contributed by atoms with Crippen molar-refractivity contribution in [3.8, 4) is 0 Å². The highest BCUT2D eigenvalue weighted by Gasteiger charge is 2.41. The number of sulfonamides is 1. The van der Waals surface area contributed by atoms with E-state index in [1.807, 2.05) is 0 Å². The number of carbonyl (C=O) groups is 1. The van der Waals surface area contributed by atoms with Crippen molar-refractivity contribution in [1.29, 1.82) is 0 Å². The lowest BCUT2D eigenvalue weighted by atomic mass is 9.88. The van der Waals surface area contributed by atoms with Gasteiger partial charge in [0.1, 0.15) is 5.82 Å². The second-order valence-corrected chi connectivity index (χ2v) is 9.23. The number of amides is 1. The van der Waals surface area contributed by atoms with E-state index in [2.05, 4.69) is 4.72 Å². The Morgan fingerprint density at radius 3 is 2.32 bits per heavy atom. The average molecular weight is 405 g/mol. The molecular weight excluding hydrogens is 379 g/mol. The highest BCUT2D eigenvalue weighted by atomic mass is 32.2. The Morgan fingerprint density at radius 1 is 1.07 bits per heavy atom. The smallest absolute Gasteiger partial charge is 0.241 e. The van der Waals surface area contributed by atoms with E-state index in [-0.39, 0.29) is 34.5 Å². The summed E-state index contributed by atoms with van der Waals surface area (Å²) in [6, 6.07) is 12.5. The van der Waals surface area contributed by atoms with Crippen molar-refractivity contribution in [2.24, 2.45) is 5.92 Å². The van der Waals surface area contributed by atoms with Crippen molar-refractivity contribution in [2.75, 3.05) is 14.1 Å². The van der Waals surface area contributed by atoms with E-state index in [1.165, 1.54) is 17.0 Å². The lowest BCUT2D eigenvalue weighted by Gasteiger charge is -2.22. The van der Waals surface area contributed by atoms with Gasteiger partial charge in [0.15, 0.2) is 0 Å². The highest BCUT2D eigenvalue weighted by Crippen LogP contribution is 2.41. The van der Waals surface area contributed by atoms with Crippen LogP contribution in [0, 0.1) is 18.7 Å². The van der Waals surface area contributed by atoms with Gasteiger partial charge in [0.05, 0.1) is 4.90 Å². The van der Waals surface area contributed by atoms with Crippen LogP contribution in [0.2, 0.25) is 0 Å². The topological polar surface area (TPSA) is 66.5 Å². The standard InChI is InChI=1S/C21H25FN2O3S/c1-14-6-4-5-7-20(14)28(26,27)23-17-12-18(15-8-10-16(22)11-9-15)19(13-17)21(25)24(2)3/h4-11,17-19,23H,12-13H2,1-3H3/t17-,18+,19-/m0/s1. The number of aryl methyl sites for hydroxylation is 1. The zero-order valence-corrected chi connectivity index (χ0v) is 17.0. The van der Waals surface area contributed by atoms with Crippen LogP contribution in [0.25, 0.3) is 0 Å². The fourth-order valence-electron chi connectivity index (χ4n) is 3.96. The van der Waals surface area contributed by atoms with Crippen LogP contribution in [-0.4, -0.2) is 39.4 Å². The molecule has 3 rings (SSSR count). The molecule has 7 heteroatoms. The van der Waals surface area contributed by atoms with Crippen LogP contribution < -0.4 is 4.72 Å². The molecule has 1 amide bonds. The molecule has 2 aromatic rings. The molecule has 5 nitrogen and oxygen atoms in total. The summed E-state index contributed by atoms with van der Waals surface area (Å²) in [5, 5.41) is 0. The van der Waals surface area contributed by atoms with E-state index in [4.69, 9.17) is 0 Å². The molecule has 3 atom stereocenters. The lowest BCUT2D eigenvalue weighted by Crippen LogP contribution is -2.35. The first-order valence-corrected chi connectivity index (χ1v) is 10.7. The molecule has 1 aliphatic rings. The maximum Gasteiger partial charge on any atom is 0.241 e. The summed E-state index contributed by atoms with van der Waals surface area (Å²) >= 11 is 0. The second kappa shape index (κ2) is 8.01. The molecule has 1 N–H and O–H groups in total. The molecule has 0 heterocycles. The van der Waals surface area contributed by atoms with Gasteiger partial charge in [0, 0.05) is 26.1 Å². The third kappa shape index (κ3) is 4.25. The van der Waals surface area contributed by atoms with Crippen LogP contribution in [-0.2, 0) is 14.8 Å². The number of nitrogens with one attached hydrogen (secondary N) is 1. The minimum Gasteiger partial charge on any atom is -0.349 e. The monoisotopic (exact) mass is 404 g/mol. The number of halogens is 1. The number of carbonyl (C=O) groups excluding carboxylic acids is 1. The van der Waals surface area contributed by atoms with Crippen molar-refractivity contribution in [3.05, 3.63) is 65.5 Å². The van der Waals surface area contributed by atoms with Crippen LogP contribution in [0.3, 0.4) is 0 Å². The number of nitrogens with zero attached hydrogens (tertiary/aromatic N) is 1. The molecule has 0 bridgehead atoms. The molecule has 1 saturated carbocycles. The summed E-state index contributed by atoms with van der Waals surface area (Å²) in [6.45, 7) is 1.75. The summed E-state index contributed by atoms with van der Waals surface area (Å²) in [4.78, 5) is 14.5. The summed E-state index contributed by atoms with van der Waals surface area (Å²) in [6.07, 6.45) is 0.894. The SMILES string of the molecule is Cc1ccccc1S(=O)(=O)N[C@@H]1C[C@H](C(=O)N(C)C)[C@@H](c2ccc(F)cc2)C1. The van der Waals surface area contributed by atoms with Crippen LogP contribution in [0.5, 0.6) is 0 Å². The molecule has 2 aromatic carbocycles. The molecule has 0 spiro atoms. The van der Waals surface area contributed by atoms with Gasteiger partial charge in [-0.05, 0) is 55.0 Å². The number of hydrogen-bond donors (Lipinski definition) is 1. The Labute approximate surface area is 165 Å². The van der Waals surface area contributed by atoms with Gasteiger partial charge < -0.3 is 4.90 Å². The number of rotatable bonds is 5. The molecule has 0 aromatic heterocycles. The van der Waals surface area contributed by atoms with Gasteiger partial charge in [-0.1, -0.05) is 30.3 Å². The summed E-state index contributed by atoms with van der Waals surface area (Å²) in [5.41, 5.74) is 1.52. The predicted octanol–water partition coefficient (Wildman–Crippen LogP) is 3.06. The summed E-state index contributed by atoms with van der Waals surface area (Å²) in [5.74, 6) is -0.911. The van der Waals surface area contributed by atoms with Crippen molar-refractivity contribution in [3.63, 3.8) is 0 Å². The van der Waals surface area contributed by atoms with Gasteiger partial charge in [-0.25, -0.2) is 17.5 Å². The molecule has 0 saturated heterocycles. The van der Waals surface area contributed by atoms with E-state index in [9.17, 15) is 17.6 Å². The van der Waals surface area contributed by atoms with E-state index in [0.717, 1.165) is 5.56 Å². The Balaban J connectivity index is 1.86. The molecule has 0 radical (unpaired) electrons. The van der Waals surface area contributed by atoms with Crippen molar-refractivity contribution < 1.29 is 17.6 Å². The van der Waals surface area contributed by atoms with Crippen LogP contribution in [0.15, 0.2) is 53.4 Å².